The fraction of sp³-hybridized carbons (Fsp3) is 0. The van der Waals surface area contributed by atoms with Gasteiger partial charge in [-0.05, 0) is 18.2 Å². The first-order valence-electron chi connectivity index (χ1n) is 7.11. The molecule has 0 atom stereocenters. The van der Waals surface area contributed by atoms with Crippen molar-refractivity contribution < 1.29 is 35.8 Å². The van der Waals surface area contributed by atoms with E-state index in [0.29, 0.717) is 12.1 Å². The summed E-state index contributed by atoms with van der Waals surface area (Å²) in [5.74, 6) is 0. The van der Waals surface area contributed by atoms with Crippen LogP contribution in [0, 0.1) is 20.2 Å². The molecule has 0 saturated carbocycles. The maximum Gasteiger partial charge on any atom is 0.301 e. The number of nitrogens with one attached hydrogen (secondary N) is 1. The van der Waals surface area contributed by atoms with Gasteiger partial charge in [-0.1, -0.05) is 6.07 Å². The molecule has 2 aromatic carbocycles. The summed E-state index contributed by atoms with van der Waals surface area (Å²) in [5.41, 5.74) is 0.380. The van der Waals surface area contributed by atoms with Crippen molar-refractivity contribution in [1.29, 1.82) is 0 Å². The van der Waals surface area contributed by atoms with Crippen LogP contribution in [0.25, 0.3) is 0 Å². The zero-order chi connectivity index (χ0) is 22.0. The molecule has 0 unspecified atom stereocenters. The predicted octanol–water partition coefficient (Wildman–Crippen LogP) is 1.44. The first kappa shape index (κ1) is 21.8. The second kappa shape index (κ2) is 7.87. The molecule has 3 N–H and O–H groups in total. The number of hydrogen-bond acceptors (Lipinski definition) is 10. The third-order valence-corrected chi connectivity index (χ3v) is 5.10. The molecular formula is C13H10N4O10S2. The minimum atomic E-state index is -4.93. The van der Waals surface area contributed by atoms with Crippen LogP contribution in [0.2, 0.25) is 0 Å². The summed E-state index contributed by atoms with van der Waals surface area (Å²) in [5, 5.41) is 25.3. The van der Waals surface area contributed by atoms with Crippen LogP contribution in [-0.2, 0) is 20.2 Å². The molecule has 0 aromatic heterocycles. The van der Waals surface area contributed by atoms with Gasteiger partial charge in [0.05, 0.1) is 27.0 Å². The van der Waals surface area contributed by atoms with Gasteiger partial charge in [-0.3, -0.25) is 34.8 Å². The Hall–Kier alpha value is -3.47. The normalized spacial score (nSPS) is 12.1. The average Bonchev–Trinajstić information content (AvgIpc) is 2.60. The van der Waals surface area contributed by atoms with Gasteiger partial charge in [-0.2, -0.15) is 21.9 Å². The Kier molecular flexibility index (Phi) is 5.93. The molecule has 0 radical (unpaired) electrons. The highest BCUT2D eigenvalue weighted by Gasteiger charge is 2.21. The van der Waals surface area contributed by atoms with E-state index >= 15 is 0 Å². The van der Waals surface area contributed by atoms with Gasteiger partial charge in [-0.15, -0.1) is 0 Å². The lowest BCUT2D eigenvalue weighted by Gasteiger charge is -2.05. The van der Waals surface area contributed by atoms with E-state index in [4.69, 9.17) is 4.55 Å². The monoisotopic (exact) mass is 446 g/mol. The molecule has 14 nitrogen and oxygen atoms in total. The van der Waals surface area contributed by atoms with Gasteiger partial charge in [-0.25, -0.2) is 0 Å². The van der Waals surface area contributed by atoms with E-state index in [2.05, 4.69) is 10.5 Å². The fourth-order valence-corrected chi connectivity index (χ4v) is 3.33. The molecule has 0 aliphatic rings. The van der Waals surface area contributed by atoms with E-state index in [0.717, 1.165) is 30.5 Å². The van der Waals surface area contributed by atoms with Crippen molar-refractivity contribution in [1.82, 2.24) is 0 Å². The number of anilines is 1. The number of benzene rings is 2. The van der Waals surface area contributed by atoms with Gasteiger partial charge in [0.1, 0.15) is 10.6 Å². The minimum absolute atomic E-state index is 0.264. The quantitative estimate of drug-likeness (QED) is 0.239. The van der Waals surface area contributed by atoms with E-state index in [-0.39, 0.29) is 11.3 Å². The summed E-state index contributed by atoms with van der Waals surface area (Å²) in [7, 11) is -9.68. The van der Waals surface area contributed by atoms with Gasteiger partial charge in [0.25, 0.3) is 25.9 Å². The highest BCUT2D eigenvalue weighted by atomic mass is 32.2. The van der Waals surface area contributed by atoms with E-state index in [1.807, 2.05) is 0 Å². The van der Waals surface area contributed by atoms with Crippen LogP contribution in [0.4, 0.5) is 17.1 Å². The molecule has 0 aliphatic carbocycles. The van der Waals surface area contributed by atoms with Crippen LogP contribution < -0.4 is 5.43 Å². The fourth-order valence-electron chi connectivity index (χ4n) is 2.06. The molecular weight excluding hydrogens is 436 g/mol. The molecule has 0 aliphatic heterocycles. The van der Waals surface area contributed by atoms with Crippen molar-refractivity contribution in [2.45, 2.75) is 9.79 Å². The maximum atomic E-state index is 11.5. The zero-order valence-corrected chi connectivity index (χ0v) is 15.5. The highest BCUT2D eigenvalue weighted by Crippen LogP contribution is 2.29. The van der Waals surface area contributed by atoms with Crippen LogP contribution >= 0.6 is 0 Å². The molecule has 0 fully saturated rings. The Morgan fingerprint density at radius 1 is 0.931 bits per heavy atom. The van der Waals surface area contributed by atoms with Crippen molar-refractivity contribution in [2.24, 2.45) is 5.10 Å². The second-order valence-electron chi connectivity index (χ2n) is 5.24. The summed E-state index contributed by atoms with van der Waals surface area (Å²) >= 11 is 0. The Morgan fingerprint density at radius 3 is 2.10 bits per heavy atom. The molecule has 0 spiro atoms. The molecule has 2 aromatic rings. The molecule has 154 valence electrons. The smallest absolute Gasteiger partial charge is 0.282 e. The summed E-state index contributed by atoms with van der Waals surface area (Å²) in [6.45, 7) is 0. The van der Waals surface area contributed by atoms with Crippen molar-refractivity contribution in [3.8, 4) is 0 Å². The number of non-ortho nitro benzene ring substituents is 1. The summed E-state index contributed by atoms with van der Waals surface area (Å²) in [6.07, 6.45) is 0.794. The lowest BCUT2D eigenvalue weighted by Crippen LogP contribution is -2.07. The zero-order valence-electron chi connectivity index (χ0n) is 13.9. The standard InChI is InChI=1S/C13H10N4O10S2/c18-16(19)9-2-4-11(12(5-9)17(20)21)15-14-7-8-1-3-10(28(22,23)24)6-13(8)29(25,26)27/h1-7,15H,(H,22,23,24)(H,25,26,27). The first-order valence-corrected chi connectivity index (χ1v) is 9.99. The predicted molar refractivity (Wildman–Crippen MR) is 97.0 cm³/mol. The highest BCUT2D eigenvalue weighted by molar-refractivity contribution is 7.86. The topological polar surface area (TPSA) is 219 Å². The van der Waals surface area contributed by atoms with Crippen molar-refractivity contribution in [2.75, 3.05) is 5.43 Å². The van der Waals surface area contributed by atoms with Crippen LogP contribution in [0.3, 0.4) is 0 Å². The van der Waals surface area contributed by atoms with E-state index in [1.165, 1.54) is 0 Å². The third-order valence-electron chi connectivity index (χ3n) is 3.34. The van der Waals surface area contributed by atoms with E-state index in [1.54, 1.807) is 0 Å². The molecule has 16 heteroatoms. The van der Waals surface area contributed by atoms with Gasteiger partial charge in [0.15, 0.2) is 0 Å². The van der Waals surface area contributed by atoms with E-state index < -0.39 is 51.2 Å². The lowest BCUT2D eigenvalue weighted by molar-refractivity contribution is -0.393. The molecule has 0 saturated heterocycles. The summed E-state index contributed by atoms with van der Waals surface area (Å²) in [6, 6.07) is 4.87. The Balaban J connectivity index is 2.43. The molecule has 0 bridgehead atoms. The molecule has 2 rings (SSSR count). The van der Waals surface area contributed by atoms with Gasteiger partial charge in [0, 0.05) is 11.6 Å². The van der Waals surface area contributed by atoms with Crippen molar-refractivity contribution >= 4 is 43.5 Å². The van der Waals surface area contributed by atoms with Gasteiger partial charge < -0.3 is 0 Å². The Bertz CT molecular complexity index is 1240. The van der Waals surface area contributed by atoms with Gasteiger partial charge in [0.2, 0.25) is 0 Å². The summed E-state index contributed by atoms with van der Waals surface area (Å²) < 4.78 is 63.4. The largest absolute Gasteiger partial charge is 0.301 e. The number of nitro benzene ring substituents is 2. The third kappa shape index (κ3) is 5.29. The Morgan fingerprint density at radius 2 is 1.59 bits per heavy atom. The van der Waals surface area contributed by atoms with Crippen LogP contribution in [-0.4, -0.2) is 42.0 Å². The average molecular weight is 446 g/mol. The lowest BCUT2D eigenvalue weighted by atomic mass is 10.2. The van der Waals surface area contributed by atoms with Crippen molar-refractivity contribution in [3.63, 3.8) is 0 Å². The van der Waals surface area contributed by atoms with E-state index in [9.17, 15) is 41.6 Å². The maximum absolute atomic E-state index is 11.5. The molecule has 0 amide bonds. The number of hydrazone groups is 1. The van der Waals surface area contributed by atoms with Crippen molar-refractivity contribution in [3.05, 3.63) is 62.2 Å². The van der Waals surface area contributed by atoms with Crippen LogP contribution in [0.5, 0.6) is 0 Å². The first-order chi connectivity index (χ1) is 13.3. The second-order valence-corrected chi connectivity index (χ2v) is 8.05. The summed E-state index contributed by atoms with van der Waals surface area (Å²) in [4.78, 5) is 18.3. The minimum Gasteiger partial charge on any atom is -0.282 e. The SMILES string of the molecule is O=[N+]([O-])c1ccc(NN=Cc2ccc(S(=O)(=O)O)cc2S(=O)(=O)O)c([N+](=O)[O-])c1. The molecule has 0 heterocycles. The number of hydrogen-bond donors (Lipinski definition) is 3. The number of rotatable bonds is 7. The van der Waals surface area contributed by atoms with Crippen LogP contribution in [0.15, 0.2) is 51.3 Å². The number of nitro groups is 2. The van der Waals surface area contributed by atoms with Gasteiger partial charge >= 0.3 is 5.69 Å². The number of nitrogens with zero attached hydrogens (tertiary/aromatic N) is 3. The Labute approximate surface area is 162 Å². The van der Waals surface area contributed by atoms with Crippen LogP contribution in [0.1, 0.15) is 5.56 Å². The molecule has 29 heavy (non-hydrogen) atoms.